The van der Waals surface area contributed by atoms with Crippen LogP contribution in [0, 0.1) is 6.92 Å². The molecule has 2 rings (SSSR count). The van der Waals surface area contributed by atoms with Gasteiger partial charge in [-0.1, -0.05) is 35.9 Å². The number of rotatable bonds is 12. The molecule has 6 nitrogen and oxygen atoms in total. The Morgan fingerprint density at radius 2 is 1.57 bits per heavy atom. The molecule has 30 heavy (non-hydrogen) atoms. The first kappa shape index (κ1) is 23.7. The Morgan fingerprint density at radius 1 is 0.933 bits per heavy atom. The normalized spacial score (nSPS) is 11.2. The van der Waals surface area contributed by atoms with Crippen LogP contribution in [0.25, 0.3) is 0 Å². The van der Waals surface area contributed by atoms with Gasteiger partial charge in [0.1, 0.15) is 0 Å². The largest absolute Gasteiger partial charge is 0.490 e. The summed E-state index contributed by atoms with van der Waals surface area (Å²) in [5, 5.41) is 2.79. The van der Waals surface area contributed by atoms with E-state index in [1.54, 1.807) is 12.1 Å². The van der Waals surface area contributed by atoms with Crippen LogP contribution in [-0.2, 0) is 26.8 Å². The zero-order valence-corrected chi connectivity index (χ0v) is 18.8. The van der Waals surface area contributed by atoms with Crippen LogP contribution in [0.15, 0.2) is 42.5 Å². The third-order valence-corrected chi connectivity index (χ3v) is 6.09. The molecule has 164 valence electrons. The Hall–Kier alpha value is -2.54. The molecule has 0 spiro atoms. The van der Waals surface area contributed by atoms with E-state index in [1.807, 2.05) is 51.1 Å². The van der Waals surface area contributed by atoms with Crippen molar-refractivity contribution in [2.75, 3.05) is 25.5 Å². The monoisotopic (exact) mass is 433 g/mol. The van der Waals surface area contributed by atoms with Crippen molar-refractivity contribution >= 4 is 15.7 Å². The third kappa shape index (κ3) is 8.06. The summed E-state index contributed by atoms with van der Waals surface area (Å²) in [7, 11) is -3.33. The minimum Gasteiger partial charge on any atom is -0.490 e. The second-order valence-corrected chi connectivity index (χ2v) is 9.26. The molecule has 0 unspecified atom stereocenters. The number of sulfone groups is 1. The van der Waals surface area contributed by atoms with Gasteiger partial charge in [0.25, 0.3) is 0 Å². The van der Waals surface area contributed by atoms with E-state index in [2.05, 4.69) is 5.32 Å². The van der Waals surface area contributed by atoms with Gasteiger partial charge in [-0.25, -0.2) is 8.42 Å². The predicted molar refractivity (Wildman–Crippen MR) is 119 cm³/mol. The number of benzene rings is 2. The first-order valence-corrected chi connectivity index (χ1v) is 12.1. The minimum absolute atomic E-state index is 0.0400. The van der Waals surface area contributed by atoms with E-state index in [0.29, 0.717) is 37.7 Å². The molecule has 2 aromatic carbocycles. The van der Waals surface area contributed by atoms with Gasteiger partial charge >= 0.3 is 0 Å². The van der Waals surface area contributed by atoms with Crippen LogP contribution in [0.4, 0.5) is 0 Å². The van der Waals surface area contributed by atoms with E-state index in [4.69, 9.17) is 9.47 Å². The number of ether oxygens (including phenoxy) is 2. The first-order chi connectivity index (χ1) is 14.3. The van der Waals surface area contributed by atoms with Crippen molar-refractivity contribution in [1.82, 2.24) is 5.32 Å². The Morgan fingerprint density at radius 3 is 2.23 bits per heavy atom. The van der Waals surface area contributed by atoms with Crippen LogP contribution in [0.1, 0.15) is 37.0 Å². The molecule has 0 fully saturated rings. The van der Waals surface area contributed by atoms with Crippen molar-refractivity contribution in [2.45, 2.75) is 39.4 Å². The van der Waals surface area contributed by atoms with Crippen molar-refractivity contribution in [2.24, 2.45) is 0 Å². The van der Waals surface area contributed by atoms with Crippen LogP contribution in [0.5, 0.6) is 11.5 Å². The van der Waals surface area contributed by atoms with Crippen molar-refractivity contribution < 1.29 is 22.7 Å². The highest BCUT2D eigenvalue weighted by atomic mass is 32.2. The highest BCUT2D eigenvalue weighted by Gasteiger charge is 2.14. The summed E-state index contributed by atoms with van der Waals surface area (Å²) in [5.41, 5.74) is 2.83. The third-order valence-electron chi connectivity index (χ3n) is 4.49. The standard InChI is InChI=1S/C23H31NO5S/c1-4-28-21-11-10-19(16-22(21)29-5-2)12-14-24-23(25)13-15-30(26,27)17-20-8-6-18(3)7-9-20/h6-11,16H,4-5,12-15,17H2,1-3H3,(H,24,25). The number of hydrogen-bond donors (Lipinski definition) is 1. The maximum Gasteiger partial charge on any atom is 0.221 e. The minimum atomic E-state index is -3.33. The molecule has 0 saturated heterocycles. The van der Waals surface area contributed by atoms with Gasteiger partial charge in [-0.3, -0.25) is 4.79 Å². The van der Waals surface area contributed by atoms with Crippen molar-refractivity contribution in [3.05, 3.63) is 59.2 Å². The summed E-state index contributed by atoms with van der Waals surface area (Å²) >= 11 is 0. The Balaban J connectivity index is 1.79. The topological polar surface area (TPSA) is 81.7 Å². The van der Waals surface area contributed by atoms with E-state index in [1.165, 1.54) is 0 Å². The molecule has 0 heterocycles. The van der Waals surface area contributed by atoms with E-state index in [0.717, 1.165) is 16.7 Å². The maximum absolute atomic E-state index is 12.3. The van der Waals surface area contributed by atoms with Crippen LogP contribution < -0.4 is 14.8 Å². The van der Waals surface area contributed by atoms with Gasteiger partial charge in [-0.15, -0.1) is 0 Å². The molecular weight excluding hydrogens is 402 g/mol. The fourth-order valence-electron chi connectivity index (χ4n) is 2.94. The van der Waals surface area contributed by atoms with E-state index >= 15 is 0 Å². The highest BCUT2D eigenvalue weighted by molar-refractivity contribution is 7.90. The molecule has 0 aromatic heterocycles. The number of hydrogen-bond acceptors (Lipinski definition) is 5. The van der Waals surface area contributed by atoms with Gasteiger partial charge in [0.2, 0.25) is 5.91 Å². The zero-order valence-electron chi connectivity index (χ0n) is 17.9. The SMILES string of the molecule is CCOc1ccc(CCNC(=O)CCS(=O)(=O)Cc2ccc(C)cc2)cc1OCC. The maximum atomic E-state index is 12.3. The molecule has 0 aliphatic heterocycles. The lowest BCUT2D eigenvalue weighted by Gasteiger charge is -2.12. The van der Waals surface area contributed by atoms with Crippen molar-refractivity contribution in [3.63, 3.8) is 0 Å². The van der Waals surface area contributed by atoms with E-state index in [9.17, 15) is 13.2 Å². The molecule has 0 bridgehead atoms. The summed E-state index contributed by atoms with van der Waals surface area (Å²) in [6.45, 7) is 7.30. The Kier molecular flexibility index (Phi) is 9.17. The van der Waals surface area contributed by atoms with E-state index < -0.39 is 9.84 Å². The van der Waals surface area contributed by atoms with E-state index in [-0.39, 0.29) is 23.8 Å². The summed E-state index contributed by atoms with van der Waals surface area (Å²) in [6.07, 6.45) is 0.579. The van der Waals surface area contributed by atoms with Gasteiger partial charge < -0.3 is 14.8 Å². The first-order valence-electron chi connectivity index (χ1n) is 10.2. The molecule has 0 atom stereocenters. The lowest BCUT2D eigenvalue weighted by molar-refractivity contribution is -0.120. The summed E-state index contributed by atoms with van der Waals surface area (Å²) in [6, 6.07) is 13.1. The fraction of sp³-hybridized carbons (Fsp3) is 0.435. The highest BCUT2D eigenvalue weighted by Crippen LogP contribution is 2.28. The summed E-state index contributed by atoms with van der Waals surface area (Å²) in [4.78, 5) is 12.1. The lowest BCUT2D eigenvalue weighted by atomic mass is 10.1. The van der Waals surface area contributed by atoms with Gasteiger partial charge in [-0.05, 0) is 50.5 Å². The van der Waals surface area contributed by atoms with Crippen LogP contribution in [0.2, 0.25) is 0 Å². The molecular formula is C23H31NO5S. The van der Waals surface area contributed by atoms with Gasteiger partial charge in [-0.2, -0.15) is 0 Å². The van der Waals surface area contributed by atoms with Crippen molar-refractivity contribution in [3.8, 4) is 11.5 Å². The average molecular weight is 434 g/mol. The molecule has 0 saturated carbocycles. The average Bonchev–Trinajstić information content (AvgIpc) is 2.70. The summed E-state index contributed by atoms with van der Waals surface area (Å²) in [5.74, 6) is 0.909. The molecule has 0 radical (unpaired) electrons. The molecule has 2 aromatic rings. The number of aryl methyl sites for hydroxylation is 1. The predicted octanol–water partition coefficient (Wildman–Crippen LogP) is 3.46. The second-order valence-electron chi connectivity index (χ2n) is 7.07. The molecule has 1 amide bonds. The van der Waals surface area contributed by atoms with Gasteiger partial charge in [0.05, 0.1) is 24.7 Å². The lowest BCUT2D eigenvalue weighted by Crippen LogP contribution is -2.27. The Labute approximate surface area is 179 Å². The number of amides is 1. The zero-order chi connectivity index (χ0) is 22.0. The molecule has 1 N–H and O–H groups in total. The molecule has 0 aliphatic carbocycles. The molecule has 7 heteroatoms. The van der Waals surface area contributed by atoms with Crippen molar-refractivity contribution in [1.29, 1.82) is 0 Å². The van der Waals surface area contributed by atoms with Gasteiger partial charge in [0.15, 0.2) is 21.3 Å². The molecule has 0 aliphatic rings. The number of carbonyl (C=O) groups excluding carboxylic acids is 1. The smallest absolute Gasteiger partial charge is 0.221 e. The second kappa shape index (κ2) is 11.6. The Bertz CT molecular complexity index is 923. The fourth-order valence-corrected chi connectivity index (χ4v) is 4.29. The number of nitrogens with one attached hydrogen (secondary N) is 1. The van der Waals surface area contributed by atoms with Gasteiger partial charge in [0, 0.05) is 13.0 Å². The number of carbonyl (C=O) groups is 1. The summed E-state index contributed by atoms with van der Waals surface area (Å²) < 4.78 is 35.7. The van der Waals surface area contributed by atoms with Crippen LogP contribution >= 0.6 is 0 Å². The quantitative estimate of drug-likeness (QED) is 0.554. The van der Waals surface area contributed by atoms with Crippen LogP contribution in [-0.4, -0.2) is 39.8 Å². The van der Waals surface area contributed by atoms with Crippen LogP contribution in [0.3, 0.4) is 0 Å².